The minimum atomic E-state index is 0.0161. The van der Waals surface area contributed by atoms with E-state index >= 15 is 0 Å². The first-order valence-corrected chi connectivity index (χ1v) is 4.93. The van der Waals surface area contributed by atoms with Crippen LogP contribution in [0.3, 0.4) is 0 Å². The molecule has 0 saturated heterocycles. The van der Waals surface area contributed by atoms with Crippen LogP contribution in [-0.2, 0) is 4.79 Å². The van der Waals surface area contributed by atoms with Gasteiger partial charge in [0.05, 0.1) is 0 Å². The molecule has 0 heterocycles. The van der Waals surface area contributed by atoms with Gasteiger partial charge in [-0.2, -0.15) is 0 Å². The largest absolute Gasteiger partial charge is 0.359 e. The molecule has 0 aliphatic heterocycles. The molecule has 2 unspecified atom stereocenters. The summed E-state index contributed by atoms with van der Waals surface area (Å²) >= 11 is 0. The van der Waals surface area contributed by atoms with Gasteiger partial charge in [-0.15, -0.1) is 0 Å². The second-order valence-electron chi connectivity index (χ2n) is 3.60. The maximum Gasteiger partial charge on any atom is 0.223 e. The fourth-order valence-corrected chi connectivity index (χ4v) is 1.50. The topological polar surface area (TPSA) is 29.1 Å². The maximum absolute atomic E-state index is 11.4. The third kappa shape index (κ3) is 2.34. The van der Waals surface area contributed by atoms with E-state index in [1.54, 1.807) is 7.05 Å². The lowest BCUT2D eigenvalue weighted by atomic mass is 9.88. The predicted octanol–water partition coefficient (Wildman–Crippen LogP) is 2.17. The van der Waals surface area contributed by atoms with Gasteiger partial charge in [0.2, 0.25) is 5.91 Å². The highest BCUT2D eigenvalue weighted by atomic mass is 16.1. The number of carbonyl (C=O) groups excluding carboxylic acids is 1. The zero-order valence-electron chi connectivity index (χ0n) is 8.95. The predicted molar refractivity (Wildman–Crippen MR) is 58.1 cm³/mol. The average Bonchev–Trinajstić information content (AvgIpc) is 2.27. The lowest BCUT2D eigenvalue weighted by molar-refractivity contribution is -0.124. The van der Waals surface area contributed by atoms with E-state index in [-0.39, 0.29) is 17.7 Å². The molecule has 1 aromatic rings. The Kier molecular flexibility index (Phi) is 3.69. The normalized spacial score (nSPS) is 14.5. The van der Waals surface area contributed by atoms with Crippen molar-refractivity contribution in [1.82, 2.24) is 5.32 Å². The average molecular weight is 191 g/mol. The van der Waals surface area contributed by atoms with Crippen molar-refractivity contribution >= 4 is 5.91 Å². The number of amides is 1. The lowest BCUT2D eigenvalue weighted by Crippen LogP contribution is -2.28. The standard InChI is InChI=1S/C12H17NO/c1-9(10(2)12(14)13-3)11-7-5-4-6-8-11/h4-10H,1-3H3,(H,13,14). The van der Waals surface area contributed by atoms with Gasteiger partial charge in [-0.25, -0.2) is 0 Å². The SMILES string of the molecule is CNC(=O)C(C)C(C)c1ccccc1. The third-order valence-electron chi connectivity index (χ3n) is 2.74. The second kappa shape index (κ2) is 4.80. The quantitative estimate of drug-likeness (QED) is 0.779. The molecular formula is C12H17NO. The molecule has 1 amide bonds. The van der Waals surface area contributed by atoms with Gasteiger partial charge >= 0.3 is 0 Å². The fraction of sp³-hybridized carbons (Fsp3) is 0.417. The molecule has 1 N–H and O–H groups in total. The Balaban J connectivity index is 2.75. The van der Waals surface area contributed by atoms with Crippen molar-refractivity contribution in [2.75, 3.05) is 7.05 Å². The molecule has 0 spiro atoms. The summed E-state index contributed by atoms with van der Waals surface area (Å²) < 4.78 is 0. The van der Waals surface area contributed by atoms with Crippen molar-refractivity contribution in [3.05, 3.63) is 35.9 Å². The van der Waals surface area contributed by atoms with Crippen LogP contribution in [0, 0.1) is 5.92 Å². The summed E-state index contributed by atoms with van der Waals surface area (Å²) in [5.74, 6) is 0.375. The number of hydrogen-bond donors (Lipinski definition) is 1. The Morgan fingerprint density at radius 2 is 1.79 bits per heavy atom. The van der Waals surface area contributed by atoms with Gasteiger partial charge in [-0.05, 0) is 11.5 Å². The lowest BCUT2D eigenvalue weighted by Gasteiger charge is -2.18. The van der Waals surface area contributed by atoms with Gasteiger partial charge in [0.1, 0.15) is 0 Å². The molecule has 0 radical (unpaired) electrons. The molecule has 1 aromatic carbocycles. The van der Waals surface area contributed by atoms with Crippen LogP contribution in [0.1, 0.15) is 25.3 Å². The number of nitrogens with one attached hydrogen (secondary N) is 1. The second-order valence-corrected chi connectivity index (χ2v) is 3.60. The van der Waals surface area contributed by atoms with Gasteiger partial charge in [-0.1, -0.05) is 44.2 Å². The van der Waals surface area contributed by atoms with Gasteiger partial charge in [0.15, 0.2) is 0 Å². The molecule has 0 fully saturated rings. The van der Waals surface area contributed by atoms with E-state index in [0.717, 1.165) is 0 Å². The Morgan fingerprint density at radius 3 is 2.29 bits per heavy atom. The minimum absolute atomic E-state index is 0.0161. The van der Waals surface area contributed by atoms with Crippen molar-refractivity contribution in [2.24, 2.45) is 5.92 Å². The Bertz CT molecular complexity index is 294. The van der Waals surface area contributed by atoms with E-state index in [0.29, 0.717) is 0 Å². The monoisotopic (exact) mass is 191 g/mol. The van der Waals surface area contributed by atoms with E-state index < -0.39 is 0 Å². The summed E-state index contributed by atoms with van der Waals surface area (Å²) in [6, 6.07) is 10.1. The number of benzene rings is 1. The van der Waals surface area contributed by atoms with Crippen LogP contribution >= 0.6 is 0 Å². The Hall–Kier alpha value is -1.31. The number of rotatable bonds is 3. The van der Waals surface area contributed by atoms with E-state index in [1.807, 2.05) is 25.1 Å². The van der Waals surface area contributed by atoms with Gasteiger partial charge in [0, 0.05) is 13.0 Å². The van der Waals surface area contributed by atoms with Crippen LogP contribution in [0.5, 0.6) is 0 Å². The molecule has 76 valence electrons. The van der Waals surface area contributed by atoms with Gasteiger partial charge in [-0.3, -0.25) is 4.79 Å². The first-order chi connectivity index (χ1) is 6.66. The summed E-state index contributed by atoms with van der Waals surface area (Å²) in [5, 5.41) is 2.68. The molecule has 1 rings (SSSR count). The van der Waals surface area contributed by atoms with Crippen LogP contribution in [0.25, 0.3) is 0 Å². The van der Waals surface area contributed by atoms with Crippen LogP contribution in [0.15, 0.2) is 30.3 Å². The molecular weight excluding hydrogens is 174 g/mol. The Labute approximate surface area is 85.3 Å². The van der Waals surface area contributed by atoms with Crippen molar-refractivity contribution in [3.8, 4) is 0 Å². The van der Waals surface area contributed by atoms with Crippen molar-refractivity contribution < 1.29 is 4.79 Å². The molecule has 0 aliphatic carbocycles. The van der Waals surface area contributed by atoms with Crippen molar-refractivity contribution in [3.63, 3.8) is 0 Å². The van der Waals surface area contributed by atoms with Crippen molar-refractivity contribution in [1.29, 1.82) is 0 Å². The summed E-state index contributed by atoms with van der Waals surface area (Å²) in [6.45, 7) is 4.03. The van der Waals surface area contributed by atoms with Gasteiger partial charge in [0.25, 0.3) is 0 Å². The third-order valence-corrected chi connectivity index (χ3v) is 2.74. The molecule has 2 atom stereocenters. The molecule has 0 aromatic heterocycles. The van der Waals surface area contributed by atoms with E-state index in [1.165, 1.54) is 5.56 Å². The zero-order valence-corrected chi connectivity index (χ0v) is 8.95. The maximum atomic E-state index is 11.4. The highest BCUT2D eigenvalue weighted by molar-refractivity contribution is 5.78. The summed E-state index contributed by atoms with van der Waals surface area (Å²) in [7, 11) is 1.68. The molecule has 0 bridgehead atoms. The van der Waals surface area contributed by atoms with E-state index in [2.05, 4.69) is 24.4 Å². The summed E-state index contributed by atoms with van der Waals surface area (Å²) in [4.78, 5) is 11.4. The van der Waals surface area contributed by atoms with E-state index in [4.69, 9.17) is 0 Å². The first kappa shape index (κ1) is 10.8. The minimum Gasteiger partial charge on any atom is -0.359 e. The fourth-order valence-electron chi connectivity index (χ4n) is 1.50. The molecule has 0 aliphatic rings. The molecule has 2 heteroatoms. The highest BCUT2D eigenvalue weighted by Gasteiger charge is 2.19. The van der Waals surface area contributed by atoms with Crippen LogP contribution in [0.4, 0.5) is 0 Å². The summed E-state index contributed by atoms with van der Waals surface area (Å²) in [6.07, 6.45) is 0. The Morgan fingerprint density at radius 1 is 1.21 bits per heavy atom. The molecule has 14 heavy (non-hydrogen) atoms. The van der Waals surface area contributed by atoms with Crippen LogP contribution in [0.2, 0.25) is 0 Å². The van der Waals surface area contributed by atoms with E-state index in [9.17, 15) is 4.79 Å². The number of carbonyl (C=O) groups is 1. The van der Waals surface area contributed by atoms with Gasteiger partial charge < -0.3 is 5.32 Å². The highest BCUT2D eigenvalue weighted by Crippen LogP contribution is 2.23. The first-order valence-electron chi connectivity index (χ1n) is 4.93. The van der Waals surface area contributed by atoms with Crippen LogP contribution in [-0.4, -0.2) is 13.0 Å². The molecule has 2 nitrogen and oxygen atoms in total. The van der Waals surface area contributed by atoms with Crippen molar-refractivity contribution in [2.45, 2.75) is 19.8 Å². The number of hydrogen-bond acceptors (Lipinski definition) is 1. The van der Waals surface area contributed by atoms with Crippen LogP contribution < -0.4 is 5.32 Å². The summed E-state index contributed by atoms with van der Waals surface area (Å²) in [5.41, 5.74) is 1.21. The smallest absolute Gasteiger partial charge is 0.223 e. The zero-order chi connectivity index (χ0) is 10.6. The molecule has 0 saturated carbocycles.